The number of carboxylic acid groups (broad SMARTS) is 1. The first-order chi connectivity index (χ1) is 9.88. The molecule has 0 aliphatic heterocycles. The fraction of sp³-hybridized carbons (Fsp3) is 0.286. The molecule has 0 saturated carbocycles. The Bertz CT molecular complexity index is 649. The molecule has 1 aromatic heterocycles. The number of rotatable bonds is 5. The lowest BCUT2D eigenvalue weighted by molar-refractivity contribution is -0.143. The highest BCUT2D eigenvalue weighted by Crippen LogP contribution is 2.05. The van der Waals surface area contributed by atoms with Crippen LogP contribution in [0.5, 0.6) is 0 Å². The summed E-state index contributed by atoms with van der Waals surface area (Å²) >= 11 is 0. The minimum Gasteiger partial charge on any atom is -0.480 e. The molecule has 0 aliphatic carbocycles. The van der Waals surface area contributed by atoms with Crippen LogP contribution in [-0.2, 0) is 11.3 Å². The van der Waals surface area contributed by atoms with Gasteiger partial charge in [-0.1, -0.05) is 35.5 Å². The van der Waals surface area contributed by atoms with Gasteiger partial charge in [0.15, 0.2) is 5.69 Å². The van der Waals surface area contributed by atoms with Gasteiger partial charge in [0.2, 0.25) is 0 Å². The second-order valence-corrected chi connectivity index (χ2v) is 5.17. The third-order valence-electron chi connectivity index (χ3n) is 2.92. The molecule has 7 nitrogen and oxygen atoms in total. The van der Waals surface area contributed by atoms with Crippen LogP contribution in [0.1, 0.15) is 29.9 Å². The molecule has 0 fully saturated rings. The van der Waals surface area contributed by atoms with E-state index >= 15 is 0 Å². The van der Waals surface area contributed by atoms with E-state index in [1.165, 1.54) is 24.7 Å². The number of carbonyl (C=O) groups is 2. The average Bonchev–Trinajstić information content (AvgIpc) is 2.88. The summed E-state index contributed by atoms with van der Waals surface area (Å²) in [5.74, 6) is -1.69. The van der Waals surface area contributed by atoms with Crippen LogP contribution < -0.4 is 5.32 Å². The Labute approximate surface area is 121 Å². The molecule has 110 valence electrons. The van der Waals surface area contributed by atoms with Crippen molar-refractivity contribution >= 4 is 11.9 Å². The van der Waals surface area contributed by atoms with E-state index in [1.807, 2.05) is 30.3 Å². The highest BCUT2D eigenvalue weighted by atomic mass is 16.4. The molecule has 0 atom stereocenters. The number of amides is 1. The topological polar surface area (TPSA) is 97.1 Å². The fourth-order valence-electron chi connectivity index (χ4n) is 1.65. The predicted octanol–water partition coefficient (Wildman–Crippen LogP) is 0.919. The van der Waals surface area contributed by atoms with E-state index in [1.54, 1.807) is 0 Å². The van der Waals surface area contributed by atoms with Crippen LogP contribution in [0, 0.1) is 0 Å². The van der Waals surface area contributed by atoms with Gasteiger partial charge in [-0.2, -0.15) is 0 Å². The van der Waals surface area contributed by atoms with Crippen molar-refractivity contribution in [1.82, 2.24) is 20.3 Å². The van der Waals surface area contributed by atoms with Crippen LogP contribution in [0.15, 0.2) is 36.5 Å². The molecule has 21 heavy (non-hydrogen) atoms. The zero-order valence-electron chi connectivity index (χ0n) is 11.8. The second kappa shape index (κ2) is 5.74. The summed E-state index contributed by atoms with van der Waals surface area (Å²) in [7, 11) is 0. The van der Waals surface area contributed by atoms with Gasteiger partial charge in [0, 0.05) is 0 Å². The molecule has 0 bridgehead atoms. The number of carboxylic acids is 1. The normalized spacial score (nSPS) is 11.1. The van der Waals surface area contributed by atoms with Crippen LogP contribution in [0.4, 0.5) is 0 Å². The van der Waals surface area contributed by atoms with E-state index in [4.69, 9.17) is 5.11 Å². The summed E-state index contributed by atoms with van der Waals surface area (Å²) in [6.07, 6.45) is 1.49. The van der Waals surface area contributed by atoms with Crippen molar-refractivity contribution in [3.05, 3.63) is 47.8 Å². The Morgan fingerprint density at radius 1 is 1.29 bits per heavy atom. The lowest BCUT2D eigenvalue weighted by Gasteiger charge is -2.19. The summed E-state index contributed by atoms with van der Waals surface area (Å²) in [5.41, 5.74) is -0.249. The fourth-order valence-corrected chi connectivity index (χ4v) is 1.65. The van der Waals surface area contributed by atoms with Crippen LogP contribution in [0.25, 0.3) is 0 Å². The van der Waals surface area contributed by atoms with Crippen LogP contribution in [0.3, 0.4) is 0 Å². The number of hydrogen-bond donors (Lipinski definition) is 2. The molecule has 2 N–H and O–H groups in total. The van der Waals surface area contributed by atoms with Gasteiger partial charge in [-0.05, 0) is 19.4 Å². The first-order valence-corrected chi connectivity index (χ1v) is 6.38. The molecule has 1 heterocycles. The Hall–Kier alpha value is -2.70. The maximum absolute atomic E-state index is 11.9. The average molecular weight is 288 g/mol. The number of carbonyl (C=O) groups excluding carboxylic acids is 1. The van der Waals surface area contributed by atoms with Gasteiger partial charge < -0.3 is 10.4 Å². The van der Waals surface area contributed by atoms with E-state index in [2.05, 4.69) is 15.6 Å². The first kappa shape index (κ1) is 14.7. The van der Waals surface area contributed by atoms with Crippen LogP contribution >= 0.6 is 0 Å². The minimum atomic E-state index is -1.36. The lowest BCUT2D eigenvalue weighted by Crippen LogP contribution is -2.49. The maximum Gasteiger partial charge on any atom is 0.328 e. The highest BCUT2D eigenvalue weighted by Gasteiger charge is 2.30. The molecule has 1 amide bonds. The van der Waals surface area contributed by atoms with Gasteiger partial charge in [0.1, 0.15) is 5.54 Å². The SMILES string of the molecule is CC(C)(NC(=O)c1cn(Cc2ccccc2)nn1)C(=O)O. The molecule has 1 aromatic carbocycles. The zero-order chi connectivity index (χ0) is 15.5. The summed E-state index contributed by atoms with van der Waals surface area (Å²) in [4.78, 5) is 22.9. The summed E-state index contributed by atoms with van der Waals surface area (Å²) in [6.45, 7) is 3.30. The molecule has 2 rings (SSSR count). The van der Waals surface area contributed by atoms with Gasteiger partial charge in [-0.25, -0.2) is 9.48 Å². The predicted molar refractivity (Wildman–Crippen MR) is 74.7 cm³/mol. The summed E-state index contributed by atoms with van der Waals surface area (Å²) < 4.78 is 1.53. The number of hydrogen-bond acceptors (Lipinski definition) is 4. The van der Waals surface area contributed by atoms with Gasteiger partial charge in [0.25, 0.3) is 5.91 Å². The Kier molecular flexibility index (Phi) is 4.02. The van der Waals surface area contributed by atoms with Gasteiger partial charge >= 0.3 is 5.97 Å². The van der Waals surface area contributed by atoms with E-state index < -0.39 is 17.4 Å². The third kappa shape index (κ3) is 3.65. The molecular formula is C14H16N4O3. The molecule has 0 unspecified atom stereocenters. The molecule has 2 aromatic rings. The number of aromatic nitrogens is 3. The van der Waals surface area contributed by atoms with Gasteiger partial charge in [-0.3, -0.25) is 4.79 Å². The Morgan fingerprint density at radius 3 is 2.57 bits per heavy atom. The van der Waals surface area contributed by atoms with Gasteiger partial charge in [-0.15, -0.1) is 5.10 Å². The van der Waals surface area contributed by atoms with E-state index in [-0.39, 0.29) is 5.69 Å². The smallest absolute Gasteiger partial charge is 0.328 e. The summed E-state index contributed by atoms with van der Waals surface area (Å²) in [6, 6.07) is 9.62. The van der Waals surface area contributed by atoms with Crippen molar-refractivity contribution in [2.24, 2.45) is 0 Å². The van der Waals surface area contributed by atoms with Crippen molar-refractivity contribution in [1.29, 1.82) is 0 Å². The molecule has 0 aliphatic rings. The standard InChI is InChI=1S/C14H16N4O3/c1-14(2,13(20)21)15-12(19)11-9-18(17-16-11)8-10-6-4-3-5-7-10/h3-7,9H,8H2,1-2H3,(H,15,19)(H,20,21). The second-order valence-electron chi connectivity index (χ2n) is 5.17. The zero-order valence-corrected chi connectivity index (χ0v) is 11.8. The van der Waals surface area contributed by atoms with Crippen molar-refractivity contribution in [2.75, 3.05) is 0 Å². The quantitative estimate of drug-likeness (QED) is 0.852. The van der Waals surface area contributed by atoms with E-state index in [0.29, 0.717) is 6.54 Å². The molecule has 0 saturated heterocycles. The van der Waals surface area contributed by atoms with Crippen molar-refractivity contribution in [3.63, 3.8) is 0 Å². The maximum atomic E-state index is 11.9. The van der Waals surface area contributed by atoms with Crippen molar-refractivity contribution < 1.29 is 14.7 Å². The minimum absolute atomic E-state index is 0.0836. The number of nitrogens with one attached hydrogen (secondary N) is 1. The Balaban J connectivity index is 2.06. The number of benzene rings is 1. The Morgan fingerprint density at radius 2 is 1.95 bits per heavy atom. The molecule has 7 heteroatoms. The monoisotopic (exact) mass is 288 g/mol. The van der Waals surface area contributed by atoms with Crippen molar-refractivity contribution in [2.45, 2.75) is 25.9 Å². The molecule has 0 radical (unpaired) electrons. The van der Waals surface area contributed by atoms with E-state index in [0.717, 1.165) is 5.56 Å². The lowest BCUT2D eigenvalue weighted by atomic mass is 10.1. The highest BCUT2D eigenvalue weighted by molar-refractivity contribution is 5.95. The molecule has 0 spiro atoms. The van der Waals surface area contributed by atoms with Gasteiger partial charge in [0.05, 0.1) is 12.7 Å². The van der Waals surface area contributed by atoms with Crippen LogP contribution in [-0.4, -0.2) is 37.5 Å². The first-order valence-electron chi connectivity index (χ1n) is 6.38. The van der Waals surface area contributed by atoms with Crippen LogP contribution in [0.2, 0.25) is 0 Å². The summed E-state index contributed by atoms with van der Waals surface area (Å²) in [5, 5.41) is 19.0. The molecular weight excluding hydrogens is 272 g/mol. The van der Waals surface area contributed by atoms with Crippen molar-refractivity contribution in [3.8, 4) is 0 Å². The number of aliphatic carboxylic acids is 1. The third-order valence-corrected chi connectivity index (χ3v) is 2.92. The largest absolute Gasteiger partial charge is 0.480 e. The van der Waals surface area contributed by atoms with E-state index in [9.17, 15) is 9.59 Å². The number of nitrogens with zero attached hydrogens (tertiary/aromatic N) is 3.